The Balaban J connectivity index is 1.40. The number of ether oxygens (including phenoxy) is 1. The second kappa shape index (κ2) is 9.81. The normalized spacial score (nSPS) is 14.8. The van der Waals surface area contributed by atoms with Crippen LogP contribution in [0.4, 0.5) is 16.2 Å². The summed E-state index contributed by atoms with van der Waals surface area (Å²) in [4.78, 5) is 32.6. The smallest absolute Gasteiger partial charge is 0.332 e. The highest BCUT2D eigenvalue weighted by Crippen LogP contribution is 2.39. The topological polar surface area (TPSA) is 54.2 Å². The SMILES string of the molecule is [C-]#[N+]c1ccc(N2C(=O)N(CCCOc3ccc(-c4ccccc4)cc3)C(C)(C)C2=O)c(C)c1Cl. The zero-order valence-electron chi connectivity index (χ0n) is 19.9. The number of rotatable bonds is 7. The summed E-state index contributed by atoms with van der Waals surface area (Å²) in [5.41, 5.74) is 2.47. The molecule has 0 saturated carbocycles. The summed E-state index contributed by atoms with van der Waals surface area (Å²) >= 11 is 6.29. The number of nitrogens with zero attached hydrogens (tertiary/aromatic N) is 3. The second-order valence-electron chi connectivity index (χ2n) is 8.88. The fourth-order valence-electron chi connectivity index (χ4n) is 4.20. The first kappa shape index (κ1) is 24.3. The van der Waals surface area contributed by atoms with E-state index in [1.807, 2.05) is 42.5 Å². The van der Waals surface area contributed by atoms with E-state index in [9.17, 15) is 9.59 Å². The molecular weight excluding hydrogens is 462 g/mol. The molecule has 1 fully saturated rings. The molecule has 1 aliphatic heterocycles. The summed E-state index contributed by atoms with van der Waals surface area (Å²) in [6.45, 7) is 13.2. The lowest BCUT2D eigenvalue weighted by Gasteiger charge is -2.27. The lowest BCUT2D eigenvalue weighted by atomic mass is 10.0. The molecule has 35 heavy (non-hydrogen) atoms. The van der Waals surface area contributed by atoms with Crippen LogP contribution in [-0.4, -0.2) is 35.5 Å². The Bertz CT molecular complexity index is 1300. The molecule has 0 N–H and O–H groups in total. The maximum atomic E-state index is 13.3. The highest BCUT2D eigenvalue weighted by molar-refractivity contribution is 6.35. The Morgan fingerprint density at radius 3 is 2.29 bits per heavy atom. The third kappa shape index (κ3) is 4.60. The first-order valence-electron chi connectivity index (χ1n) is 11.4. The van der Waals surface area contributed by atoms with E-state index in [4.69, 9.17) is 22.9 Å². The molecule has 1 heterocycles. The number of halogens is 1. The van der Waals surface area contributed by atoms with Gasteiger partial charge in [0, 0.05) is 6.54 Å². The predicted octanol–water partition coefficient (Wildman–Crippen LogP) is 6.88. The minimum absolute atomic E-state index is 0.251. The molecule has 0 aromatic heterocycles. The van der Waals surface area contributed by atoms with Crippen LogP contribution in [0.2, 0.25) is 5.02 Å². The number of hydrogen-bond acceptors (Lipinski definition) is 3. The van der Waals surface area contributed by atoms with Gasteiger partial charge in [0.25, 0.3) is 5.91 Å². The summed E-state index contributed by atoms with van der Waals surface area (Å²) in [5.74, 6) is 0.425. The van der Waals surface area contributed by atoms with Crippen LogP contribution in [0.25, 0.3) is 16.0 Å². The minimum atomic E-state index is -1.01. The Kier molecular flexibility index (Phi) is 6.81. The van der Waals surface area contributed by atoms with Crippen LogP contribution in [0.3, 0.4) is 0 Å². The first-order valence-corrected chi connectivity index (χ1v) is 11.7. The Hall–Kier alpha value is -3.82. The van der Waals surface area contributed by atoms with Crippen molar-refractivity contribution in [3.8, 4) is 16.9 Å². The fraction of sp³-hybridized carbons (Fsp3) is 0.250. The lowest BCUT2D eigenvalue weighted by Crippen LogP contribution is -2.44. The molecule has 0 radical (unpaired) electrons. The predicted molar refractivity (Wildman–Crippen MR) is 138 cm³/mol. The number of benzene rings is 3. The Morgan fingerprint density at radius 1 is 0.971 bits per heavy atom. The molecule has 3 aromatic carbocycles. The third-order valence-electron chi connectivity index (χ3n) is 6.28. The lowest BCUT2D eigenvalue weighted by molar-refractivity contribution is -0.123. The zero-order chi connectivity index (χ0) is 25.2. The molecule has 0 bridgehead atoms. The number of carbonyl (C=O) groups is 2. The summed E-state index contributed by atoms with van der Waals surface area (Å²) in [6.07, 6.45) is 0.563. The molecule has 0 aliphatic carbocycles. The van der Waals surface area contributed by atoms with E-state index in [2.05, 4.69) is 17.0 Å². The van der Waals surface area contributed by atoms with Crippen LogP contribution in [-0.2, 0) is 4.79 Å². The van der Waals surface area contributed by atoms with E-state index in [0.29, 0.717) is 30.8 Å². The number of carbonyl (C=O) groups excluding carboxylic acids is 2. The third-order valence-corrected chi connectivity index (χ3v) is 6.76. The molecule has 0 atom stereocenters. The fourth-order valence-corrected chi connectivity index (χ4v) is 4.40. The standard InChI is InChI=1S/C28H26ClN3O3/c1-19-24(16-15-23(30-4)25(19)29)32-26(33)28(2,3)31(27(32)34)17-8-18-35-22-13-11-21(12-14-22)20-9-6-5-7-10-20/h5-7,9-16H,8,17-18H2,1-3H3. The van der Waals surface area contributed by atoms with Gasteiger partial charge in [-0.05, 0) is 62.1 Å². The first-order chi connectivity index (χ1) is 16.8. The van der Waals surface area contributed by atoms with Crippen molar-refractivity contribution >= 4 is 34.9 Å². The molecule has 3 aromatic rings. The van der Waals surface area contributed by atoms with Gasteiger partial charge in [-0.2, -0.15) is 0 Å². The number of urea groups is 1. The number of imide groups is 1. The van der Waals surface area contributed by atoms with Gasteiger partial charge < -0.3 is 9.64 Å². The van der Waals surface area contributed by atoms with Crippen LogP contribution >= 0.6 is 11.6 Å². The molecule has 1 saturated heterocycles. The van der Waals surface area contributed by atoms with Crippen molar-refractivity contribution in [2.75, 3.05) is 18.1 Å². The minimum Gasteiger partial charge on any atom is -0.494 e. The molecule has 3 amide bonds. The molecule has 0 spiro atoms. The van der Waals surface area contributed by atoms with E-state index in [1.54, 1.807) is 31.7 Å². The molecule has 0 unspecified atom stereocenters. The van der Waals surface area contributed by atoms with Crippen molar-refractivity contribution in [2.24, 2.45) is 0 Å². The van der Waals surface area contributed by atoms with Crippen LogP contribution in [0.15, 0.2) is 66.7 Å². The molecule has 178 valence electrons. The number of anilines is 1. The van der Waals surface area contributed by atoms with E-state index in [0.717, 1.165) is 21.8 Å². The van der Waals surface area contributed by atoms with Gasteiger partial charge in [-0.15, -0.1) is 0 Å². The van der Waals surface area contributed by atoms with Gasteiger partial charge in [-0.25, -0.2) is 14.5 Å². The van der Waals surface area contributed by atoms with Gasteiger partial charge in [0.15, 0.2) is 0 Å². The van der Waals surface area contributed by atoms with Crippen molar-refractivity contribution in [2.45, 2.75) is 32.7 Å². The molecule has 7 heteroatoms. The summed E-state index contributed by atoms with van der Waals surface area (Å²) in [6, 6.07) is 20.7. The number of hydrogen-bond donors (Lipinski definition) is 0. The van der Waals surface area contributed by atoms with Crippen molar-refractivity contribution in [3.05, 3.63) is 88.7 Å². The van der Waals surface area contributed by atoms with Crippen molar-refractivity contribution < 1.29 is 14.3 Å². The number of amides is 3. The maximum absolute atomic E-state index is 13.3. The molecule has 4 rings (SSSR count). The van der Waals surface area contributed by atoms with Gasteiger partial charge in [0.1, 0.15) is 11.3 Å². The van der Waals surface area contributed by atoms with Gasteiger partial charge in [-0.1, -0.05) is 60.1 Å². The van der Waals surface area contributed by atoms with Crippen molar-refractivity contribution in [1.82, 2.24) is 4.90 Å². The molecule has 6 nitrogen and oxygen atoms in total. The van der Waals surface area contributed by atoms with E-state index < -0.39 is 11.6 Å². The molecule has 1 aliphatic rings. The largest absolute Gasteiger partial charge is 0.494 e. The van der Waals surface area contributed by atoms with E-state index >= 15 is 0 Å². The van der Waals surface area contributed by atoms with E-state index in [-0.39, 0.29) is 16.6 Å². The van der Waals surface area contributed by atoms with Gasteiger partial charge in [-0.3, -0.25) is 4.79 Å². The monoisotopic (exact) mass is 487 g/mol. The van der Waals surface area contributed by atoms with Crippen LogP contribution in [0.5, 0.6) is 5.75 Å². The average molecular weight is 488 g/mol. The van der Waals surface area contributed by atoms with Gasteiger partial charge in [0.2, 0.25) is 5.69 Å². The van der Waals surface area contributed by atoms with Crippen molar-refractivity contribution in [3.63, 3.8) is 0 Å². The highest BCUT2D eigenvalue weighted by atomic mass is 35.5. The Morgan fingerprint density at radius 2 is 1.63 bits per heavy atom. The van der Waals surface area contributed by atoms with Crippen LogP contribution in [0.1, 0.15) is 25.8 Å². The quantitative estimate of drug-likeness (QED) is 0.207. The van der Waals surface area contributed by atoms with Gasteiger partial charge >= 0.3 is 6.03 Å². The Labute approximate surface area is 210 Å². The van der Waals surface area contributed by atoms with Crippen LogP contribution in [0, 0.1) is 13.5 Å². The highest BCUT2D eigenvalue weighted by Gasteiger charge is 2.51. The average Bonchev–Trinajstić information content (AvgIpc) is 3.03. The van der Waals surface area contributed by atoms with Crippen LogP contribution < -0.4 is 9.64 Å². The van der Waals surface area contributed by atoms with Gasteiger partial charge in [0.05, 0.1) is 23.9 Å². The van der Waals surface area contributed by atoms with Crippen molar-refractivity contribution in [1.29, 1.82) is 0 Å². The maximum Gasteiger partial charge on any atom is 0.332 e. The second-order valence-corrected chi connectivity index (χ2v) is 9.26. The summed E-state index contributed by atoms with van der Waals surface area (Å²) in [7, 11) is 0. The molecular formula is C28H26ClN3O3. The zero-order valence-corrected chi connectivity index (χ0v) is 20.7. The summed E-state index contributed by atoms with van der Waals surface area (Å²) < 4.78 is 5.88. The summed E-state index contributed by atoms with van der Waals surface area (Å²) in [5, 5.41) is 0.251. The van der Waals surface area contributed by atoms with E-state index in [1.165, 1.54) is 6.07 Å².